The van der Waals surface area contributed by atoms with Gasteiger partial charge in [-0.1, -0.05) is 13.8 Å². The average Bonchev–Trinajstić information content (AvgIpc) is 2.65. The second-order valence-electron chi connectivity index (χ2n) is 3.97. The first kappa shape index (κ1) is 11.5. The molecule has 0 aliphatic carbocycles. The molecule has 0 saturated carbocycles. The summed E-state index contributed by atoms with van der Waals surface area (Å²) < 4.78 is 1.93. The first-order valence-electron chi connectivity index (χ1n) is 5.08. The van der Waals surface area contributed by atoms with Gasteiger partial charge in [0.2, 0.25) is 0 Å². The largest absolute Gasteiger partial charge is 0.250 e. The summed E-state index contributed by atoms with van der Waals surface area (Å²) in [6.07, 6.45) is 3.58. The lowest BCUT2D eigenvalue weighted by Crippen LogP contribution is -2.23. The fourth-order valence-corrected chi connectivity index (χ4v) is 1.62. The van der Waals surface area contributed by atoms with Gasteiger partial charge in [-0.3, -0.25) is 4.68 Å². The van der Waals surface area contributed by atoms with Crippen LogP contribution in [0.25, 0.3) is 0 Å². The molecule has 0 N–H and O–H groups in total. The number of hydrogen-bond acceptors (Lipinski definition) is 2. The van der Waals surface area contributed by atoms with Crippen molar-refractivity contribution in [3.63, 3.8) is 0 Å². The van der Waals surface area contributed by atoms with E-state index in [0.29, 0.717) is 5.88 Å². The Morgan fingerprint density at radius 1 is 1.50 bits per heavy atom. The summed E-state index contributed by atoms with van der Waals surface area (Å²) in [5.74, 6) is 1.71. The molecule has 0 amide bonds. The van der Waals surface area contributed by atoms with E-state index in [2.05, 4.69) is 30.9 Å². The number of rotatable bonds is 5. The van der Waals surface area contributed by atoms with Crippen molar-refractivity contribution in [1.82, 2.24) is 14.8 Å². The van der Waals surface area contributed by atoms with Crippen molar-refractivity contribution in [2.24, 2.45) is 5.41 Å². The maximum Gasteiger partial charge on any atom is 0.138 e. The highest BCUT2D eigenvalue weighted by Crippen LogP contribution is 2.26. The first-order chi connectivity index (χ1) is 6.65. The fraction of sp³-hybridized carbons (Fsp3) is 0.800. The summed E-state index contributed by atoms with van der Waals surface area (Å²) in [6.45, 7) is 7.29. The van der Waals surface area contributed by atoms with Gasteiger partial charge >= 0.3 is 0 Å². The Bertz CT molecular complexity index is 279. The van der Waals surface area contributed by atoms with Crippen molar-refractivity contribution in [3.05, 3.63) is 12.2 Å². The second-order valence-corrected chi connectivity index (χ2v) is 4.23. The number of nitrogens with zero attached hydrogens (tertiary/aromatic N) is 3. The highest BCUT2D eigenvalue weighted by molar-refractivity contribution is 6.18. The molecule has 0 saturated heterocycles. The van der Waals surface area contributed by atoms with Crippen molar-refractivity contribution >= 4 is 11.6 Å². The summed E-state index contributed by atoms with van der Waals surface area (Å²) >= 11 is 5.96. The molecule has 1 atom stereocenters. The molecule has 0 aliphatic rings. The van der Waals surface area contributed by atoms with Crippen LogP contribution in [-0.4, -0.2) is 20.6 Å². The van der Waals surface area contributed by atoms with Gasteiger partial charge in [0.1, 0.15) is 12.2 Å². The number of halogens is 1. The topological polar surface area (TPSA) is 30.7 Å². The normalized spacial score (nSPS) is 15.4. The molecule has 1 unspecified atom stereocenters. The molecular formula is C10H18ClN3. The Hall–Kier alpha value is -0.570. The third kappa shape index (κ3) is 2.47. The summed E-state index contributed by atoms with van der Waals surface area (Å²) in [7, 11) is 0. The maximum atomic E-state index is 5.96. The van der Waals surface area contributed by atoms with Crippen molar-refractivity contribution in [1.29, 1.82) is 0 Å². The minimum atomic E-state index is 0.140. The van der Waals surface area contributed by atoms with E-state index in [1.54, 1.807) is 6.33 Å². The number of aromatic nitrogens is 3. The monoisotopic (exact) mass is 215 g/mol. The van der Waals surface area contributed by atoms with E-state index in [0.717, 1.165) is 25.2 Å². The lowest BCUT2D eigenvalue weighted by atomic mass is 9.86. The van der Waals surface area contributed by atoms with Gasteiger partial charge in [-0.05, 0) is 18.8 Å². The van der Waals surface area contributed by atoms with Crippen LogP contribution in [0.3, 0.4) is 0 Å². The summed E-state index contributed by atoms with van der Waals surface area (Å²) in [5, 5.41) is 4.15. The molecule has 0 radical (unpaired) electrons. The van der Waals surface area contributed by atoms with Gasteiger partial charge in [-0.15, -0.1) is 11.6 Å². The van der Waals surface area contributed by atoms with E-state index in [1.165, 1.54) is 0 Å². The lowest BCUT2D eigenvalue weighted by molar-refractivity contribution is 0.339. The van der Waals surface area contributed by atoms with E-state index in [1.807, 2.05) is 4.68 Å². The van der Waals surface area contributed by atoms with Crippen molar-refractivity contribution < 1.29 is 0 Å². The van der Waals surface area contributed by atoms with E-state index in [-0.39, 0.29) is 5.41 Å². The van der Waals surface area contributed by atoms with Gasteiger partial charge in [0.15, 0.2) is 0 Å². The van der Waals surface area contributed by atoms with E-state index in [9.17, 15) is 0 Å². The molecule has 1 rings (SSSR count). The minimum Gasteiger partial charge on any atom is -0.250 e. The molecule has 4 heteroatoms. The molecule has 3 nitrogen and oxygen atoms in total. The van der Waals surface area contributed by atoms with Crippen LogP contribution in [0.1, 0.15) is 33.0 Å². The molecule has 14 heavy (non-hydrogen) atoms. The van der Waals surface area contributed by atoms with Crippen LogP contribution in [-0.2, 0) is 13.0 Å². The Morgan fingerprint density at radius 3 is 2.71 bits per heavy atom. The number of aryl methyl sites for hydroxylation is 1. The number of hydrogen-bond donors (Lipinski definition) is 0. The average molecular weight is 216 g/mol. The zero-order chi connectivity index (χ0) is 10.6. The Labute approximate surface area is 90.5 Å². The van der Waals surface area contributed by atoms with Crippen molar-refractivity contribution in [2.75, 3.05) is 5.88 Å². The smallest absolute Gasteiger partial charge is 0.138 e. The van der Waals surface area contributed by atoms with Crippen molar-refractivity contribution in [3.8, 4) is 0 Å². The molecule has 0 spiro atoms. The third-order valence-electron chi connectivity index (χ3n) is 2.76. The third-order valence-corrected chi connectivity index (χ3v) is 3.40. The second kappa shape index (κ2) is 4.78. The SMILES string of the molecule is CCn1ncnc1CC(C)(CC)CCl. The summed E-state index contributed by atoms with van der Waals surface area (Å²) in [5.41, 5.74) is 0.140. The van der Waals surface area contributed by atoms with Crippen LogP contribution in [0.15, 0.2) is 6.33 Å². The standard InChI is InChI=1S/C10H18ClN3/c1-4-10(3,7-11)6-9-12-8-13-14(9)5-2/h8H,4-7H2,1-3H3. The zero-order valence-electron chi connectivity index (χ0n) is 9.13. The summed E-state index contributed by atoms with van der Waals surface area (Å²) in [4.78, 5) is 4.26. The number of alkyl halides is 1. The Kier molecular flexibility index (Phi) is 3.93. The van der Waals surface area contributed by atoms with Crippen LogP contribution in [0.2, 0.25) is 0 Å². The predicted molar refractivity (Wildman–Crippen MR) is 58.5 cm³/mol. The fourth-order valence-electron chi connectivity index (χ4n) is 1.34. The van der Waals surface area contributed by atoms with E-state index in [4.69, 9.17) is 11.6 Å². The van der Waals surface area contributed by atoms with Crippen LogP contribution in [0.5, 0.6) is 0 Å². The van der Waals surface area contributed by atoms with Gasteiger partial charge < -0.3 is 0 Å². The molecule has 1 heterocycles. The molecular weight excluding hydrogens is 198 g/mol. The molecule has 80 valence electrons. The highest BCUT2D eigenvalue weighted by atomic mass is 35.5. The minimum absolute atomic E-state index is 0.140. The zero-order valence-corrected chi connectivity index (χ0v) is 9.88. The highest BCUT2D eigenvalue weighted by Gasteiger charge is 2.23. The lowest BCUT2D eigenvalue weighted by Gasteiger charge is -2.24. The van der Waals surface area contributed by atoms with Crippen molar-refractivity contribution in [2.45, 2.75) is 40.2 Å². The predicted octanol–water partition coefficient (Wildman–Crippen LogP) is 2.50. The van der Waals surface area contributed by atoms with Gasteiger partial charge in [0.05, 0.1) is 0 Å². The van der Waals surface area contributed by atoms with Gasteiger partial charge in [0.25, 0.3) is 0 Å². The molecule has 0 bridgehead atoms. The van der Waals surface area contributed by atoms with E-state index < -0.39 is 0 Å². The Morgan fingerprint density at radius 2 is 2.21 bits per heavy atom. The quantitative estimate of drug-likeness (QED) is 0.707. The van der Waals surface area contributed by atoms with Crippen LogP contribution < -0.4 is 0 Å². The molecule has 0 aliphatic heterocycles. The van der Waals surface area contributed by atoms with E-state index >= 15 is 0 Å². The Balaban J connectivity index is 2.76. The molecule has 0 fully saturated rings. The van der Waals surface area contributed by atoms with Gasteiger partial charge in [-0.25, -0.2) is 4.98 Å². The summed E-state index contributed by atoms with van der Waals surface area (Å²) in [6, 6.07) is 0. The molecule has 1 aromatic rings. The van der Waals surface area contributed by atoms with Gasteiger partial charge in [0, 0.05) is 18.8 Å². The maximum absolute atomic E-state index is 5.96. The van der Waals surface area contributed by atoms with Crippen LogP contribution >= 0.6 is 11.6 Å². The van der Waals surface area contributed by atoms with Crippen LogP contribution in [0.4, 0.5) is 0 Å². The van der Waals surface area contributed by atoms with Crippen LogP contribution in [0, 0.1) is 5.41 Å². The molecule has 1 aromatic heterocycles. The van der Waals surface area contributed by atoms with Gasteiger partial charge in [-0.2, -0.15) is 5.10 Å². The molecule has 0 aromatic carbocycles. The first-order valence-corrected chi connectivity index (χ1v) is 5.61.